The first kappa shape index (κ1) is 28.0. The maximum absolute atomic E-state index is 12.0. The van der Waals surface area contributed by atoms with Gasteiger partial charge in [-0.05, 0) is 36.4 Å². The van der Waals surface area contributed by atoms with Gasteiger partial charge in [-0.3, -0.25) is 4.79 Å². The molecule has 2 heterocycles. The monoisotopic (exact) mass is 536 g/mol. The third kappa shape index (κ3) is 9.36. The van der Waals surface area contributed by atoms with Crippen LogP contribution in [0.5, 0.6) is 5.75 Å². The van der Waals surface area contributed by atoms with E-state index in [4.69, 9.17) is 14.2 Å². The van der Waals surface area contributed by atoms with Crippen molar-refractivity contribution in [2.45, 2.75) is 0 Å². The summed E-state index contributed by atoms with van der Waals surface area (Å²) in [7, 11) is 1.64. The van der Waals surface area contributed by atoms with Gasteiger partial charge in [-0.15, -0.1) is 0 Å². The Bertz CT molecular complexity index is 1140. The number of nitrogens with one attached hydrogen (secondary N) is 4. The maximum atomic E-state index is 12.0. The van der Waals surface area contributed by atoms with Crippen molar-refractivity contribution in [1.82, 2.24) is 25.6 Å². The standard InChI is InChI=1S/C27H36N8O4/c1-37-23-9-7-22(8-10-23)31-26-32-25(33-27(34-26)35-15-11-28-12-16-35)30-14-18-39-20-19-38-17-13-29-24(36)21-5-3-2-4-6-21/h2-10,28H,11-20H2,1H3,(H,29,36)(H2,30,31,32,33,34). The Morgan fingerprint density at radius 3 is 2.28 bits per heavy atom. The maximum Gasteiger partial charge on any atom is 0.251 e. The van der Waals surface area contributed by atoms with Crippen molar-refractivity contribution in [3.63, 3.8) is 0 Å². The van der Waals surface area contributed by atoms with E-state index in [1.54, 1.807) is 19.2 Å². The van der Waals surface area contributed by atoms with Crippen LogP contribution in [-0.2, 0) is 9.47 Å². The average molecular weight is 537 g/mol. The van der Waals surface area contributed by atoms with Crippen LogP contribution in [-0.4, -0.2) is 93.7 Å². The van der Waals surface area contributed by atoms with Crippen molar-refractivity contribution in [2.75, 3.05) is 88.3 Å². The molecule has 1 aliphatic rings. The Morgan fingerprint density at radius 2 is 1.56 bits per heavy atom. The second kappa shape index (κ2) is 15.4. The number of benzene rings is 2. The summed E-state index contributed by atoms with van der Waals surface area (Å²) in [4.78, 5) is 27.9. The van der Waals surface area contributed by atoms with Gasteiger partial charge < -0.3 is 40.4 Å². The molecule has 1 fully saturated rings. The molecule has 1 amide bonds. The van der Waals surface area contributed by atoms with Crippen molar-refractivity contribution in [3.05, 3.63) is 60.2 Å². The molecule has 12 heteroatoms. The largest absolute Gasteiger partial charge is 0.497 e. The number of rotatable bonds is 15. The first-order valence-corrected chi connectivity index (χ1v) is 13.1. The van der Waals surface area contributed by atoms with Crippen molar-refractivity contribution in [1.29, 1.82) is 0 Å². The summed E-state index contributed by atoms with van der Waals surface area (Å²) in [6.07, 6.45) is 0. The normalized spacial score (nSPS) is 13.1. The zero-order valence-corrected chi connectivity index (χ0v) is 22.2. The van der Waals surface area contributed by atoms with Crippen molar-refractivity contribution in [3.8, 4) is 5.75 Å². The number of anilines is 4. The van der Waals surface area contributed by atoms with Crippen LogP contribution in [0.15, 0.2) is 54.6 Å². The number of ether oxygens (including phenoxy) is 3. The number of nitrogens with zero attached hydrogens (tertiary/aromatic N) is 4. The lowest BCUT2D eigenvalue weighted by atomic mass is 10.2. The zero-order valence-electron chi connectivity index (χ0n) is 22.2. The van der Waals surface area contributed by atoms with Crippen LogP contribution in [0.4, 0.5) is 23.5 Å². The molecule has 0 aliphatic carbocycles. The van der Waals surface area contributed by atoms with E-state index in [0.29, 0.717) is 62.9 Å². The molecule has 0 spiro atoms. The number of piperazine rings is 1. The molecule has 12 nitrogen and oxygen atoms in total. The van der Waals surface area contributed by atoms with E-state index in [1.165, 1.54) is 0 Å². The van der Waals surface area contributed by atoms with Gasteiger partial charge in [-0.25, -0.2) is 0 Å². The van der Waals surface area contributed by atoms with Gasteiger partial charge in [0, 0.05) is 50.5 Å². The van der Waals surface area contributed by atoms with E-state index < -0.39 is 0 Å². The number of carbonyl (C=O) groups is 1. The molecular formula is C27H36N8O4. The van der Waals surface area contributed by atoms with Crippen LogP contribution < -0.4 is 30.9 Å². The predicted octanol–water partition coefficient (Wildman–Crippen LogP) is 1.91. The van der Waals surface area contributed by atoms with Gasteiger partial charge in [-0.1, -0.05) is 18.2 Å². The minimum atomic E-state index is -0.109. The fourth-order valence-electron chi connectivity index (χ4n) is 3.79. The number of aromatic nitrogens is 3. The van der Waals surface area contributed by atoms with Crippen LogP contribution in [0.2, 0.25) is 0 Å². The summed E-state index contributed by atoms with van der Waals surface area (Å²) in [6, 6.07) is 16.7. The quantitative estimate of drug-likeness (QED) is 0.212. The molecule has 1 aromatic heterocycles. The van der Waals surface area contributed by atoms with Crippen LogP contribution in [0.3, 0.4) is 0 Å². The van der Waals surface area contributed by atoms with Crippen LogP contribution >= 0.6 is 0 Å². The number of hydrogen-bond acceptors (Lipinski definition) is 11. The van der Waals surface area contributed by atoms with E-state index in [0.717, 1.165) is 37.6 Å². The molecule has 0 saturated carbocycles. The Kier molecular flexibility index (Phi) is 11.1. The van der Waals surface area contributed by atoms with Gasteiger partial charge in [-0.2, -0.15) is 15.0 Å². The molecule has 4 N–H and O–H groups in total. The summed E-state index contributed by atoms with van der Waals surface area (Å²) in [6.45, 7) is 6.15. The Morgan fingerprint density at radius 1 is 0.872 bits per heavy atom. The minimum absolute atomic E-state index is 0.109. The highest BCUT2D eigenvalue weighted by molar-refractivity contribution is 5.94. The highest BCUT2D eigenvalue weighted by atomic mass is 16.5. The van der Waals surface area contributed by atoms with Crippen LogP contribution in [0.25, 0.3) is 0 Å². The molecular weight excluding hydrogens is 500 g/mol. The number of methoxy groups -OCH3 is 1. The van der Waals surface area contributed by atoms with Crippen molar-refractivity contribution >= 4 is 29.4 Å². The van der Waals surface area contributed by atoms with E-state index in [9.17, 15) is 4.79 Å². The molecule has 3 aromatic rings. The molecule has 0 radical (unpaired) electrons. The molecule has 4 rings (SSSR count). The van der Waals surface area contributed by atoms with Crippen LogP contribution in [0.1, 0.15) is 10.4 Å². The summed E-state index contributed by atoms with van der Waals surface area (Å²) < 4.78 is 16.4. The third-order valence-corrected chi connectivity index (χ3v) is 5.84. The number of hydrogen-bond donors (Lipinski definition) is 4. The smallest absolute Gasteiger partial charge is 0.251 e. The second-order valence-electron chi connectivity index (χ2n) is 8.65. The minimum Gasteiger partial charge on any atom is -0.497 e. The molecule has 2 aromatic carbocycles. The second-order valence-corrected chi connectivity index (χ2v) is 8.65. The lowest BCUT2D eigenvalue weighted by Gasteiger charge is -2.27. The summed E-state index contributed by atoms with van der Waals surface area (Å²) >= 11 is 0. The Labute approximate surface area is 228 Å². The molecule has 0 bridgehead atoms. The Balaban J connectivity index is 1.18. The Hall–Kier alpha value is -4.00. The lowest BCUT2D eigenvalue weighted by Crippen LogP contribution is -2.44. The van der Waals surface area contributed by atoms with Gasteiger partial charge in [0.15, 0.2) is 0 Å². The predicted molar refractivity (Wildman–Crippen MR) is 150 cm³/mol. The number of amides is 1. The van der Waals surface area contributed by atoms with E-state index in [2.05, 4.69) is 41.1 Å². The SMILES string of the molecule is COc1ccc(Nc2nc(NCCOCCOCCNC(=O)c3ccccc3)nc(N3CCNCC3)n2)cc1. The van der Waals surface area contributed by atoms with Gasteiger partial charge >= 0.3 is 0 Å². The van der Waals surface area contributed by atoms with Crippen LogP contribution in [0, 0.1) is 0 Å². The van der Waals surface area contributed by atoms with Crippen molar-refractivity contribution in [2.24, 2.45) is 0 Å². The fourth-order valence-corrected chi connectivity index (χ4v) is 3.79. The molecule has 0 unspecified atom stereocenters. The van der Waals surface area contributed by atoms with Gasteiger partial charge in [0.05, 0.1) is 33.5 Å². The first-order chi connectivity index (χ1) is 19.2. The van der Waals surface area contributed by atoms with E-state index in [1.807, 2.05) is 42.5 Å². The lowest BCUT2D eigenvalue weighted by molar-refractivity contribution is 0.0519. The average Bonchev–Trinajstić information content (AvgIpc) is 2.99. The highest BCUT2D eigenvalue weighted by Crippen LogP contribution is 2.20. The van der Waals surface area contributed by atoms with E-state index >= 15 is 0 Å². The van der Waals surface area contributed by atoms with E-state index in [-0.39, 0.29) is 5.91 Å². The van der Waals surface area contributed by atoms with Gasteiger partial charge in [0.25, 0.3) is 5.91 Å². The summed E-state index contributed by atoms with van der Waals surface area (Å²) in [5.41, 5.74) is 1.48. The van der Waals surface area contributed by atoms with Crippen molar-refractivity contribution < 1.29 is 19.0 Å². The summed E-state index contributed by atoms with van der Waals surface area (Å²) in [5.74, 6) is 2.23. The molecule has 1 saturated heterocycles. The zero-order chi connectivity index (χ0) is 27.1. The third-order valence-electron chi connectivity index (χ3n) is 5.84. The number of carbonyl (C=O) groups excluding carboxylic acids is 1. The van der Waals surface area contributed by atoms with Gasteiger partial charge in [0.1, 0.15) is 5.75 Å². The highest BCUT2D eigenvalue weighted by Gasteiger charge is 2.16. The molecule has 208 valence electrons. The topological polar surface area (TPSA) is 135 Å². The summed E-state index contributed by atoms with van der Waals surface area (Å²) in [5, 5.41) is 12.7. The molecule has 1 aliphatic heterocycles. The fraction of sp³-hybridized carbons (Fsp3) is 0.407. The molecule has 0 atom stereocenters. The van der Waals surface area contributed by atoms with Gasteiger partial charge in [0.2, 0.25) is 17.8 Å². The first-order valence-electron chi connectivity index (χ1n) is 13.1. The molecule has 39 heavy (non-hydrogen) atoms.